The topological polar surface area (TPSA) is 34.1 Å². The van der Waals surface area contributed by atoms with Gasteiger partial charge < -0.3 is 10.1 Å². The summed E-state index contributed by atoms with van der Waals surface area (Å²) in [5.74, 6) is 1.48. The van der Waals surface area contributed by atoms with Gasteiger partial charge in [-0.05, 0) is 60.4 Å². The first-order chi connectivity index (χ1) is 7.29. The van der Waals surface area contributed by atoms with Crippen molar-refractivity contribution in [2.24, 2.45) is 5.92 Å². The predicted molar refractivity (Wildman–Crippen MR) is 63.0 cm³/mol. The first-order valence-corrected chi connectivity index (χ1v) is 6.00. The fourth-order valence-corrected chi connectivity index (χ4v) is 2.19. The van der Waals surface area contributed by atoms with Gasteiger partial charge >= 0.3 is 0 Å². The smallest absolute Gasteiger partial charge is 0.228 e. The van der Waals surface area contributed by atoms with Crippen LogP contribution in [0.15, 0.2) is 22.8 Å². The van der Waals surface area contributed by atoms with Crippen LogP contribution in [0.1, 0.15) is 12.8 Å². The molecule has 0 amide bonds. The van der Waals surface area contributed by atoms with Crippen molar-refractivity contribution in [3.05, 3.63) is 22.8 Å². The number of nitrogens with one attached hydrogen (secondary N) is 1. The third kappa shape index (κ3) is 2.69. The molecule has 1 aromatic rings. The van der Waals surface area contributed by atoms with Crippen molar-refractivity contribution < 1.29 is 4.74 Å². The average Bonchev–Trinajstić information content (AvgIpc) is 2.18. The lowest BCUT2D eigenvalue weighted by molar-refractivity contribution is 0.0610. The van der Waals surface area contributed by atoms with Gasteiger partial charge in [0.2, 0.25) is 5.88 Å². The van der Waals surface area contributed by atoms with E-state index in [0.29, 0.717) is 12.0 Å². The van der Waals surface area contributed by atoms with Gasteiger partial charge in [-0.1, -0.05) is 0 Å². The second-order valence-corrected chi connectivity index (χ2v) is 4.78. The molecular weight excluding hydrogens is 256 g/mol. The number of aromatic nitrogens is 1. The molecule has 82 valence electrons. The van der Waals surface area contributed by atoms with E-state index >= 15 is 0 Å². The highest BCUT2D eigenvalue weighted by Gasteiger charge is 2.30. The molecule has 0 aromatic carbocycles. The van der Waals surface area contributed by atoms with Gasteiger partial charge in [-0.25, -0.2) is 4.98 Å². The zero-order valence-electron chi connectivity index (χ0n) is 8.74. The number of rotatable bonds is 4. The molecule has 3 nitrogen and oxygen atoms in total. The molecule has 15 heavy (non-hydrogen) atoms. The van der Waals surface area contributed by atoms with E-state index in [4.69, 9.17) is 4.74 Å². The highest BCUT2D eigenvalue weighted by molar-refractivity contribution is 9.10. The number of pyridine rings is 1. The quantitative estimate of drug-likeness (QED) is 0.911. The summed E-state index contributed by atoms with van der Waals surface area (Å²) in [7, 11) is 1.99. The Bertz CT molecular complexity index is 326. The lowest BCUT2D eigenvalue weighted by Gasteiger charge is -2.35. The van der Waals surface area contributed by atoms with Crippen LogP contribution in [0.4, 0.5) is 0 Å². The summed E-state index contributed by atoms with van der Waals surface area (Å²) in [6.07, 6.45) is 4.35. The summed E-state index contributed by atoms with van der Waals surface area (Å²) in [6.45, 7) is 1.09. The largest absolute Gasteiger partial charge is 0.474 e. The highest BCUT2D eigenvalue weighted by atomic mass is 79.9. The normalized spacial score (nSPS) is 24.7. The van der Waals surface area contributed by atoms with E-state index in [2.05, 4.69) is 26.2 Å². The van der Waals surface area contributed by atoms with Gasteiger partial charge in [0.15, 0.2) is 0 Å². The van der Waals surface area contributed by atoms with Crippen LogP contribution in [0.3, 0.4) is 0 Å². The highest BCUT2D eigenvalue weighted by Crippen LogP contribution is 2.32. The summed E-state index contributed by atoms with van der Waals surface area (Å²) >= 11 is 3.42. The lowest BCUT2D eigenvalue weighted by atomic mass is 9.82. The summed E-state index contributed by atoms with van der Waals surface area (Å²) in [5.41, 5.74) is 0. The maximum atomic E-state index is 5.77. The molecule has 0 bridgehead atoms. The maximum absolute atomic E-state index is 5.77. The number of hydrogen-bond donors (Lipinski definition) is 1. The molecule has 0 unspecified atom stereocenters. The zero-order chi connectivity index (χ0) is 10.7. The van der Waals surface area contributed by atoms with Gasteiger partial charge in [0, 0.05) is 6.20 Å². The van der Waals surface area contributed by atoms with Crippen LogP contribution in [0, 0.1) is 5.92 Å². The van der Waals surface area contributed by atoms with Crippen molar-refractivity contribution in [3.8, 4) is 5.88 Å². The summed E-state index contributed by atoms with van der Waals surface area (Å²) < 4.78 is 6.70. The molecule has 1 aliphatic rings. The van der Waals surface area contributed by atoms with Crippen LogP contribution in [0.2, 0.25) is 0 Å². The Morgan fingerprint density at radius 3 is 3.07 bits per heavy atom. The van der Waals surface area contributed by atoms with Crippen molar-refractivity contribution in [3.63, 3.8) is 0 Å². The first kappa shape index (κ1) is 10.9. The van der Waals surface area contributed by atoms with E-state index in [1.165, 1.54) is 0 Å². The Hall–Kier alpha value is -0.610. The minimum Gasteiger partial charge on any atom is -0.474 e. The third-order valence-electron chi connectivity index (χ3n) is 2.69. The van der Waals surface area contributed by atoms with Crippen LogP contribution < -0.4 is 10.1 Å². The number of hydrogen-bond acceptors (Lipinski definition) is 3. The van der Waals surface area contributed by atoms with E-state index in [-0.39, 0.29) is 0 Å². The monoisotopic (exact) mass is 270 g/mol. The molecule has 1 saturated carbocycles. The average molecular weight is 271 g/mol. The minimum atomic E-state index is 0.342. The number of nitrogens with zero attached hydrogens (tertiary/aromatic N) is 1. The Morgan fingerprint density at radius 2 is 2.40 bits per heavy atom. The van der Waals surface area contributed by atoms with Gasteiger partial charge in [-0.2, -0.15) is 0 Å². The second kappa shape index (κ2) is 4.94. The molecule has 1 heterocycles. The third-order valence-corrected chi connectivity index (χ3v) is 3.29. The van der Waals surface area contributed by atoms with Crippen LogP contribution in [-0.4, -0.2) is 24.7 Å². The second-order valence-electron chi connectivity index (χ2n) is 3.93. The van der Waals surface area contributed by atoms with Gasteiger partial charge in [0.25, 0.3) is 0 Å². The molecule has 0 saturated heterocycles. The van der Waals surface area contributed by atoms with Gasteiger partial charge in [0.1, 0.15) is 6.10 Å². The summed E-state index contributed by atoms with van der Waals surface area (Å²) in [5, 5.41) is 3.18. The van der Waals surface area contributed by atoms with Gasteiger partial charge in [0.05, 0.1) is 4.47 Å². The molecule has 1 aliphatic carbocycles. The SMILES string of the molecule is CNCC1CC(Oc2ncccc2Br)C1. The molecule has 0 aliphatic heterocycles. The Balaban J connectivity index is 1.82. The Kier molecular flexibility index (Phi) is 3.59. The van der Waals surface area contributed by atoms with Crippen molar-refractivity contribution in [1.82, 2.24) is 10.3 Å². The fourth-order valence-electron chi connectivity index (χ4n) is 1.84. The van der Waals surface area contributed by atoms with Crippen molar-refractivity contribution in [1.29, 1.82) is 0 Å². The molecular formula is C11H15BrN2O. The molecule has 0 radical (unpaired) electrons. The van der Waals surface area contributed by atoms with Crippen LogP contribution in [0.5, 0.6) is 5.88 Å². The van der Waals surface area contributed by atoms with Crippen LogP contribution >= 0.6 is 15.9 Å². The molecule has 0 atom stereocenters. The van der Waals surface area contributed by atoms with E-state index in [9.17, 15) is 0 Å². The first-order valence-electron chi connectivity index (χ1n) is 5.21. The number of ether oxygens (including phenoxy) is 1. The lowest BCUT2D eigenvalue weighted by Crippen LogP contribution is -2.38. The Morgan fingerprint density at radius 1 is 1.60 bits per heavy atom. The zero-order valence-corrected chi connectivity index (χ0v) is 10.3. The molecule has 1 N–H and O–H groups in total. The predicted octanol–water partition coefficient (Wildman–Crippen LogP) is 2.22. The van der Waals surface area contributed by atoms with Crippen molar-refractivity contribution >= 4 is 15.9 Å². The molecule has 1 aromatic heterocycles. The van der Waals surface area contributed by atoms with Gasteiger partial charge in [-0.15, -0.1) is 0 Å². The van der Waals surface area contributed by atoms with Gasteiger partial charge in [-0.3, -0.25) is 0 Å². The van der Waals surface area contributed by atoms with Crippen molar-refractivity contribution in [2.75, 3.05) is 13.6 Å². The van der Waals surface area contributed by atoms with Crippen LogP contribution in [-0.2, 0) is 0 Å². The van der Waals surface area contributed by atoms with Crippen molar-refractivity contribution in [2.45, 2.75) is 18.9 Å². The van der Waals surface area contributed by atoms with E-state index in [1.54, 1.807) is 6.20 Å². The summed E-state index contributed by atoms with van der Waals surface area (Å²) in [4.78, 5) is 4.19. The molecule has 4 heteroatoms. The fraction of sp³-hybridized carbons (Fsp3) is 0.545. The minimum absolute atomic E-state index is 0.342. The number of halogens is 1. The summed E-state index contributed by atoms with van der Waals surface area (Å²) in [6, 6.07) is 3.84. The molecule has 1 fully saturated rings. The molecule has 0 spiro atoms. The van der Waals surface area contributed by atoms with Crippen LogP contribution in [0.25, 0.3) is 0 Å². The van der Waals surface area contributed by atoms with E-state index in [1.807, 2.05) is 19.2 Å². The maximum Gasteiger partial charge on any atom is 0.228 e. The molecule has 2 rings (SSSR count). The van der Waals surface area contributed by atoms with E-state index < -0.39 is 0 Å². The standard InChI is InChI=1S/C11H15BrN2O/c1-13-7-8-5-9(6-8)15-11-10(12)3-2-4-14-11/h2-4,8-9,13H,5-7H2,1H3. The van der Waals surface area contributed by atoms with E-state index in [0.717, 1.165) is 29.8 Å². The Labute approximate surface area is 98.4 Å².